The SMILES string of the molecule is C=C(C)Cn1c(SCC(=O)Nc2ccc(C)cc2C)nc2sc3c(c2c1=O)CCCC3. The average Bonchev–Trinajstić information content (AvgIpc) is 3.09. The Morgan fingerprint density at radius 2 is 2.06 bits per heavy atom. The van der Waals surface area contributed by atoms with E-state index in [1.54, 1.807) is 15.9 Å². The van der Waals surface area contributed by atoms with E-state index in [1.165, 1.54) is 28.6 Å². The van der Waals surface area contributed by atoms with Gasteiger partial charge in [0.25, 0.3) is 5.56 Å². The van der Waals surface area contributed by atoms with E-state index in [4.69, 9.17) is 4.98 Å². The summed E-state index contributed by atoms with van der Waals surface area (Å²) in [6.07, 6.45) is 4.26. The Kier molecular flexibility index (Phi) is 6.34. The number of hydrogen-bond acceptors (Lipinski definition) is 5. The van der Waals surface area contributed by atoms with Crippen LogP contribution in [0.25, 0.3) is 10.2 Å². The van der Waals surface area contributed by atoms with Gasteiger partial charge in [-0.2, -0.15) is 0 Å². The van der Waals surface area contributed by atoms with Crippen LogP contribution in [0.1, 0.15) is 41.3 Å². The molecule has 2 heterocycles. The van der Waals surface area contributed by atoms with Gasteiger partial charge in [0.2, 0.25) is 5.91 Å². The van der Waals surface area contributed by atoms with E-state index in [-0.39, 0.29) is 17.2 Å². The van der Waals surface area contributed by atoms with Gasteiger partial charge in [0.05, 0.1) is 11.1 Å². The van der Waals surface area contributed by atoms with Crippen molar-refractivity contribution in [3.8, 4) is 0 Å². The number of aromatic nitrogens is 2. The number of anilines is 1. The molecule has 4 rings (SSSR count). The summed E-state index contributed by atoms with van der Waals surface area (Å²) in [5.41, 5.74) is 5.05. The van der Waals surface area contributed by atoms with Gasteiger partial charge in [0.15, 0.2) is 5.16 Å². The van der Waals surface area contributed by atoms with E-state index in [1.807, 2.05) is 39.0 Å². The van der Waals surface area contributed by atoms with Crippen LogP contribution in [-0.2, 0) is 24.2 Å². The number of carbonyl (C=O) groups excluding carboxylic acids is 1. The molecule has 0 atom stereocenters. The minimum atomic E-state index is -0.112. The quantitative estimate of drug-likeness (QED) is 0.314. The zero-order valence-corrected chi connectivity index (χ0v) is 19.8. The maximum absolute atomic E-state index is 13.4. The molecule has 0 bridgehead atoms. The Balaban J connectivity index is 1.62. The lowest BCUT2D eigenvalue weighted by Crippen LogP contribution is -2.25. The first-order chi connectivity index (χ1) is 14.8. The van der Waals surface area contributed by atoms with Gasteiger partial charge in [-0.05, 0) is 63.6 Å². The lowest BCUT2D eigenvalue weighted by Gasteiger charge is -2.14. The van der Waals surface area contributed by atoms with Gasteiger partial charge in [0, 0.05) is 17.1 Å². The fourth-order valence-electron chi connectivity index (χ4n) is 4.01. The maximum Gasteiger partial charge on any atom is 0.263 e. The molecule has 0 unspecified atom stereocenters. The number of fused-ring (bicyclic) bond motifs is 3. The summed E-state index contributed by atoms with van der Waals surface area (Å²) in [6.45, 7) is 10.3. The summed E-state index contributed by atoms with van der Waals surface area (Å²) >= 11 is 2.94. The van der Waals surface area contributed by atoms with Crippen molar-refractivity contribution in [1.29, 1.82) is 0 Å². The van der Waals surface area contributed by atoms with Crippen molar-refractivity contribution in [2.45, 2.75) is 58.2 Å². The third-order valence-electron chi connectivity index (χ3n) is 5.46. The number of nitrogens with zero attached hydrogens (tertiary/aromatic N) is 2. The summed E-state index contributed by atoms with van der Waals surface area (Å²) in [4.78, 5) is 32.9. The molecule has 0 saturated heterocycles. The molecular weight excluding hydrogens is 426 g/mol. The van der Waals surface area contributed by atoms with Crippen molar-refractivity contribution in [3.05, 3.63) is 62.3 Å². The number of nitrogens with one attached hydrogen (secondary N) is 1. The van der Waals surface area contributed by atoms with Crippen LogP contribution >= 0.6 is 23.1 Å². The summed E-state index contributed by atoms with van der Waals surface area (Å²) < 4.78 is 1.68. The molecule has 162 valence electrons. The second kappa shape index (κ2) is 9.01. The zero-order valence-electron chi connectivity index (χ0n) is 18.2. The molecule has 0 radical (unpaired) electrons. The van der Waals surface area contributed by atoms with Crippen molar-refractivity contribution < 1.29 is 4.79 Å². The van der Waals surface area contributed by atoms with Gasteiger partial charge >= 0.3 is 0 Å². The first-order valence-electron chi connectivity index (χ1n) is 10.5. The molecular formula is C24H27N3O2S2. The molecule has 0 aliphatic heterocycles. The van der Waals surface area contributed by atoms with E-state index < -0.39 is 0 Å². The van der Waals surface area contributed by atoms with Gasteiger partial charge < -0.3 is 5.32 Å². The van der Waals surface area contributed by atoms with E-state index >= 15 is 0 Å². The summed E-state index contributed by atoms with van der Waals surface area (Å²) in [5, 5.41) is 4.32. The van der Waals surface area contributed by atoms with Gasteiger partial charge in [-0.3, -0.25) is 14.2 Å². The van der Waals surface area contributed by atoms with Crippen LogP contribution in [0.4, 0.5) is 5.69 Å². The van der Waals surface area contributed by atoms with Crippen molar-refractivity contribution in [2.24, 2.45) is 0 Å². The summed E-state index contributed by atoms with van der Waals surface area (Å²) in [6, 6.07) is 5.94. The number of allylic oxidation sites excluding steroid dienone is 1. The van der Waals surface area contributed by atoms with Crippen LogP contribution in [0.2, 0.25) is 0 Å². The fourth-order valence-corrected chi connectivity index (χ4v) is 6.11. The van der Waals surface area contributed by atoms with E-state index in [0.717, 1.165) is 51.9 Å². The molecule has 7 heteroatoms. The molecule has 2 aromatic heterocycles. The van der Waals surface area contributed by atoms with E-state index in [9.17, 15) is 9.59 Å². The highest BCUT2D eigenvalue weighted by atomic mass is 32.2. The second-order valence-electron chi connectivity index (χ2n) is 8.29. The number of carbonyl (C=O) groups is 1. The number of thioether (sulfide) groups is 1. The van der Waals surface area contributed by atoms with Crippen LogP contribution in [-0.4, -0.2) is 21.2 Å². The molecule has 1 aliphatic rings. The normalized spacial score (nSPS) is 13.3. The number of aryl methyl sites for hydroxylation is 4. The van der Waals surface area contributed by atoms with Crippen LogP contribution in [0.5, 0.6) is 0 Å². The first kappa shape index (κ1) is 21.8. The molecule has 0 saturated carbocycles. The molecule has 31 heavy (non-hydrogen) atoms. The van der Waals surface area contributed by atoms with Crippen molar-refractivity contribution >= 4 is 44.9 Å². The van der Waals surface area contributed by atoms with Gasteiger partial charge in [-0.1, -0.05) is 41.6 Å². The van der Waals surface area contributed by atoms with E-state index in [0.29, 0.717) is 11.7 Å². The van der Waals surface area contributed by atoms with Crippen LogP contribution in [0, 0.1) is 13.8 Å². The lowest BCUT2D eigenvalue weighted by molar-refractivity contribution is -0.113. The minimum absolute atomic E-state index is 0.00955. The highest BCUT2D eigenvalue weighted by Crippen LogP contribution is 2.34. The molecule has 3 aromatic rings. The van der Waals surface area contributed by atoms with Gasteiger partial charge in [-0.15, -0.1) is 11.3 Å². The topological polar surface area (TPSA) is 64.0 Å². The first-order valence-corrected chi connectivity index (χ1v) is 12.3. The number of amides is 1. The minimum Gasteiger partial charge on any atom is -0.325 e. The highest BCUT2D eigenvalue weighted by Gasteiger charge is 2.22. The Morgan fingerprint density at radius 1 is 1.29 bits per heavy atom. The predicted octanol–water partition coefficient (Wildman–Crippen LogP) is 5.26. The monoisotopic (exact) mass is 453 g/mol. The van der Waals surface area contributed by atoms with Crippen LogP contribution in [0.3, 0.4) is 0 Å². The third kappa shape index (κ3) is 4.62. The Hall–Kier alpha value is -2.38. The molecule has 0 spiro atoms. The largest absolute Gasteiger partial charge is 0.325 e. The second-order valence-corrected chi connectivity index (χ2v) is 10.3. The Labute approximate surface area is 190 Å². The molecule has 1 N–H and O–H groups in total. The third-order valence-corrected chi connectivity index (χ3v) is 7.62. The average molecular weight is 454 g/mol. The molecule has 5 nitrogen and oxygen atoms in total. The van der Waals surface area contributed by atoms with Crippen molar-refractivity contribution in [2.75, 3.05) is 11.1 Å². The number of rotatable bonds is 6. The molecule has 1 amide bonds. The number of hydrogen-bond donors (Lipinski definition) is 1. The summed E-state index contributed by atoms with van der Waals surface area (Å²) in [7, 11) is 0. The van der Waals surface area contributed by atoms with Gasteiger partial charge in [0.1, 0.15) is 4.83 Å². The van der Waals surface area contributed by atoms with Crippen molar-refractivity contribution in [1.82, 2.24) is 9.55 Å². The Morgan fingerprint density at radius 3 is 2.81 bits per heavy atom. The summed E-state index contributed by atoms with van der Waals surface area (Å²) in [5.74, 6) is 0.0747. The van der Waals surface area contributed by atoms with Crippen LogP contribution < -0.4 is 10.9 Å². The molecule has 1 aromatic carbocycles. The molecule has 0 fully saturated rings. The maximum atomic E-state index is 13.4. The standard InChI is InChI=1S/C24H27N3O2S2/c1-14(2)12-27-23(29)21-17-7-5-6-8-19(17)31-22(21)26-24(27)30-13-20(28)25-18-10-9-15(3)11-16(18)4/h9-11H,1,5-8,12-13H2,2-4H3,(H,25,28). The van der Waals surface area contributed by atoms with E-state index in [2.05, 4.69) is 11.9 Å². The number of benzene rings is 1. The fraction of sp³-hybridized carbons (Fsp3) is 0.375. The van der Waals surface area contributed by atoms with Gasteiger partial charge in [-0.25, -0.2) is 4.98 Å². The zero-order chi connectivity index (χ0) is 22.1. The highest BCUT2D eigenvalue weighted by molar-refractivity contribution is 7.99. The Bertz CT molecular complexity index is 1240. The smallest absolute Gasteiger partial charge is 0.263 e. The lowest BCUT2D eigenvalue weighted by atomic mass is 9.97. The van der Waals surface area contributed by atoms with Crippen LogP contribution in [0.15, 0.2) is 40.3 Å². The predicted molar refractivity (Wildman–Crippen MR) is 131 cm³/mol. The molecule has 1 aliphatic carbocycles. The number of thiophene rings is 1. The van der Waals surface area contributed by atoms with Crippen molar-refractivity contribution in [3.63, 3.8) is 0 Å².